The first kappa shape index (κ1) is 20.0. The van der Waals surface area contributed by atoms with E-state index in [-0.39, 0.29) is 24.0 Å². The molecule has 0 spiro atoms. The molecule has 0 aromatic heterocycles. The van der Waals surface area contributed by atoms with Gasteiger partial charge in [0.15, 0.2) is 5.96 Å². The first-order chi connectivity index (χ1) is 10.2. The summed E-state index contributed by atoms with van der Waals surface area (Å²) in [4.78, 5) is 9.58. The van der Waals surface area contributed by atoms with Gasteiger partial charge in [-0.25, -0.2) is 0 Å². The van der Waals surface area contributed by atoms with E-state index in [4.69, 9.17) is 5.73 Å². The lowest BCUT2D eigenvalue weighted by atomic mass is 10.2. The molecule has 2 heterocycles. The van der Waals surface area contributed by atoms with Gasteiger partial charge < -0.3 is 16.0 Å². The minimum Gasteiger partial charge on any atom is -0.370 e. The molecule has 3 N–H and O–H groups in total. The largest absolute Gasteiger partial charge is 0.370 e. The number of nitrogens with two attached hydrogens (primary N) is 1. The van der Waals surface area contributed by atoms with Gasteiger partial charge in [0.25, 0.3) is 0 Å². The Labute approximate surface area is 153 Å². The van der Waals surface area contributed by atoms with Crippen LogP contribution in [-0.4, -0.2) is 67.6 Å². The molecule has 6 heteroatoms. The minimum atomic E-state index is 0. The number of halogens is 1. The molecule has 0 aromatic carbocycles. The van der Waals surface area contributed by atoms with Gasteiger partial charge in [-0.1, -0.05) is 13.8 Å². The summed E-state index contributed by atoms with van der Waals surface area (Å²) in [5.41, 5.74) is 6.00. The monoisotopic (exact) mass is 423 g/mol. The highest BCUT2D eigenvalue weighted by molar-refractivity contribution is 14.0. The van der Waals surface area contributed by atoms with Gasteiger partial charge >= 0.3 is 0 Å². The molecule has 0 aliphatic carbocycles. The van der Waals surface area contributed by atoms with E-state index in [1.165, 1.54) is 45.3 Å². The Morgan fingerprint density at radius 3 is 2.68 bits per heavy atom. The van der Waals surface area contributed by atoms with E-state index in [2.05, 4.69) is 34.0 Å². The fourth-order valence-electron chi connectivity index (χ4n) is 3.54. The third-order valence-corrected chi connectivity index (χ3v) is 4.77. The molecular formula is C16H34IN5. The van der Waals surface area contributed by atoms with Crippen molar-refractivity contribution < 1.29 is 0 Å². The van der Waals surface area contributed by atoms with Crippen LogP contribution >= 0.6 is 24.0 Å². The molecular weight excluding hydrogens is 389 g/mol. The van der Waals surface area contributed by atoms with Gasteiger partial charge in [0.1, 0.15) is 0 Å². The van der Waals surface area contributed by atoms with Crippen molar-refractivity contribution in [2.75, 3.05) is 45.8 Å². The Hall–Kier alpha value is -0.0800. The minimum absolute atomic E-state index is 0. The summed E-state index contributed by atoms with van der Waals surface area (Å²) in [6, 6.07) is 0.630. The van der Waals surface area contributed by atoms with Crippen molar-refractivity contribution in [1.82, 2.24) is 15.1 Å². The summed E-state index contributed by atoms with van der Waals surface area (Å²) in [5.74, 6) is 1.20. The third kappa shape index (κ3) is 6.58. The molecule has 5 nitrogen and oxygen atoms in total. The summed E-state index contributed by atoms with van der Waals surface area (Å²) in [6.07, 6.45) is 5.30. The lowest BCUT2D eigenvalue weighted by molar-refractivity contribution is 0.267. The summed E-state index contributed by atoms with van der Waals surface area (Å²) in [7, 11) is 0. The average Bonchev–Trinajstić information content (AvgIpc) is 3.13. The molecule has 2 aliphatic rings. The topological polar surface area (TPSA) is 56.9 Å². The van der Waals surface area contributed by atoms with E-state index >= 15 is 0 Å². The molecule has 2 atom stereocenters. The van der Waals surface area contributed by atoms with Crippen LogP contribution in [0.15, 0.2) is 4.99 Å². The van der Waals surface area contributed by atoms with E-state index < -0.39 is 0 Å². The highest BCUT2D eigenvalue weighted by atomic mass is 127. The number of hydrogen-bond donors (Lipinski definition) is 2. The first-order valence-corrected chi connectivity index (χ1v) is 8.69. The number of nitrogens with one attached hydrogen (secondary N) is 1. The molecule has 2 aliphatic heterocycles. The van der Waals surface area contributed by atoms with Crippen LogP contribution in [0.5, 0.6) is 0 Å². The first-order valence-electron chi connectivity index (χ1n) is 8.69. The van der Waals surface area contributed by atoms with Crippen LogP contribution < -0.4 is 11.1 Å². The second kappa shape index (κ2) is 10.6. The van der Waals surface area contributed by atoms with Crippen LogP contribution in [0.4, 0.5) is 0 Å². The Kier molecular flexibility index (Phi) is 9.66. The zero-order chi connectivity index (χ0) is 15.1. The predicted molar refractivity (Wildman–Crippen MR) is 105 cm³/mol. The fraction of sp³-hybridized carbons (Fsp3) is 0.938. The third-order valence-electron chi connectivity index (χ3n) is 4.77. The Bertz CT molecular complexity index is 330. The van der Waals surface area contributed by atoms with Crippen LogP contribution in [0.25, 0.3) is 0 Å². The lowest BCUT2D eigenvalue weighted by Crippen LogP contribution is -2.43. The van der Waals surface area contributed by atoms with Gasteiger partial charge in [0.05, 0.1) is 0 Å². The number of nitrogens with zero attached hydrogens (tertiary/aromatic N) is 3. The van der Waals surface area contributed by atoms with Crippen molar-refractivity contribution in [2.45, 2.75) is 45.6 Å². The number of guanidine groups is 1. The van der Waals surface area contributed by atoms with Crippen LogP contribution in [0, 0.1) is 5.92 Å². The molecule has 0 radical (unpaired) electrons. The maximum absolute atomic E-state index is 6.00. The van der Waals surface area contributed by atoms with Crippen molar-refractivity contribution in [3.05, 3.63) is 0 Å². The average molecular weight is 423 g/mol. The molecule has 0 amide bonds. The van der Waals surface area contributed by atoms with Crippen LogP contribution in [0.2, 0.25) is 0 Å². The summed E-state index contributed by atoms with van der Waals surface area (Å²) in [5, 5.41) is 3.31. The highest BCUT2D eigenvalue weighted by Gasteiger charge is 2.22. The van der Waals surface area contributed by atoms with Gasteiger partial charge in [-0.3, -0.25) is 9.89 Å². The maximum atomic E-state index is 6.00. The van der Waals surface area contributed by atoms with Gasteiger partial charge in [-0.15, -0.1) is 24.0 Å². The Morgan fingerprint density at radius 2 is 2.00 bits per heavy atom. The molecule has 130 valence electrons. The van der Waals surface area contributed by atoms with Crippen LogP contribution in [0.3, 0.4) is 0 Å². The smallest absolute Gasteiger partial charge is 0.188 e. The number of rotatable bonds is 7. The van der Waals surface area contributed by atoms with E-state index in [0.717, 1.165) is 26.2 Å². The quantitative estimate of drug-likeness (QED) is 0.372. The van der Waals surface area contributed by atoms with Gasteiger partial charge in [-0.05, 0) is 57.8 Å². The standard InChI is InChI=1S/C16H33N5.HI/c1-3-21-10-6-7-15(21)12-19-16(17)18-11-14(2)13-20-8-4-5-9-20;/h14-15H,3-13H2,1-2H3,(H3,17,18,19);1H. The Balaban J connectivity index is 0.00000242. The fourth-order valence-corrected chi connectivity index (χ4v) is 3.54. The maximum Gasteiger partial charge on any atom is 0.188 e. The van der Waals surface area contributed by atoms with Crippen molar-refractivity contribution in [3.8, 4) is 0 Å². The van der Waals surface area contributed by atoms with Crippen molar-refractivity contribution >= 4 is 29.9 Å². The van der Waals surface area contributed by atoms with Gasteiger partial charge in [-0.2, -0.15) is 0 Å². The van der Waals surface area contributed by atoms with Crippen molar-refractivity contribution in [1.29, 1.82) is 0 Å². The summed E-state index contributed by atoms with van der Waals surface area (Å²) < 4.78 is 0. The number of aliphatic imine (C=N–C) groups is 1. The molecule has 2 fully saturated rings. The van der Waals surface area contributed by atoms with E-state index in [1.54, 1.807) is 0 Å². The highest BCUT2D eigenvalue weighted by Crippen LogP contribution is 2.15. The van der Waals surface area contributed by atoms with Gasteiger partial charge in [0.2, 0.25) is 0 Å². The van der Waals surface area contributed by atoms with Crippen molar-refractivity contribution in [2.24, 2.45) is 16.6 Å². The normalized spacial score (nSPS) is 25.2. The predicted octanol–water partition coefficient (Wildman–Crippen LogP) is 1.72. The SMILES string of the molecule is CCN1CCCC1CNC(N)=NCC(C)CN1CCCC1.I. The molecule has 0 saturated carbocycles. The second-order valence-corrected chi connectivity index (χ2v) is 6.64. The number of likely N-dealkylation sites (tertiary alicyclic amines) is 2. The second-order valence-electron chi connectivity index (χ2n) is 6.64. The molecule has 2 unspecified atom stereocenters. The zero-order valence-corrected chi connectivity index (χ0v) is 16.6. The Morgan fingerprint density at radius 1 is 1.27 bits per heavy atom. The van der Waals surface area contributed by atoms with Gasteiger partial charge in [0, 0.05) is 25.7 Å². The molecule has 2 saturated heterocycles. The summed E-state index contributed by atoms with van der Waals surface area (Å²) >= 11 is 0. The van der Waals surface area contributed by atoms with Crippen molar-refractivity contribution in [3.63, 3.8) is 0 Å². The van der Waals surface area contributed by atoms with E-state index in [0.29, 0.717) is 17.9 Å². The molecule has 2 rings (SSSR count). The molecule has 0 aromatic rings. The zero-order valence-electron chi connectivity index (χ0n) is 14.3. The number of likely N-dealkylation sites (N-methyl/N-ethyl adjacent to an activating group) is 1. The van der Waals surface area contributed by atoms with Crippen LogP contribution in [0.1, 0.15) is 39.5 Å². The summed E-state index contributed by atoms with van der Waals surface area (Å²) in [6.45, 7) is 12.3. The van der Waals surface area contributed by atoms with Crippen LogP contribution in [-0.2, 0) is 0 Å². The lowest BCUT2D eigenvalue weighted by Gasteiger charge is -2.23. The number of hydrogen-bond acceptors (Lipinski definition) is 3. The molecule has 0 bridgehead atoms. The van der Waals surface area contributed by atoms with E-state index in [1.807, 2.05) is 0 Å². The van der Waals surface area contributed by atoms with E-state index in [9.17, 15) is 0 Å². The molecule has 22 heavy (non-hydrogen) atoms.